The van der Waals surface area contributed by atoms with Crippen LogP contribution in [0.1, 0.15) is 10.4 Å². The maximum Gasteiger partial charge on any atom is 0.252 e. The minimum atomic E-state index is -0.150. The first-order chi connectivity index (χ1) is 11.3. The fourth-order valence-electron chi connectivity index (χ4n) is 1.89. The predicted molar refractivity (Wildman–Crippen MR) is 89.5 cm³/mol. The van der Waals surface area contributed by atoms with Crippen molar-refractivity contribution in [2.24, 2.45) is 0 Å². The van der Waals surface area contributed by atoms with E-state index >= 15 is 0 Å². The lowest BCUT2D eigenvalue weighted by atomic mass is 10.2. The summed E-state index contributed by atoms with van der Waals surface area (Å²) >= 11 is 1.51. The van der Waals surface area contributed by atoms with Gasteiger partial charge in [-0.2, -0.15) is 0 Å². The van der Waals surface area contributed by atoms with Crippen molar-refractivity contribution in [3.05, 3.63) is 53.8 Å². The number of aromatic nitrogens is 2. The summed E-state index contributed by atoms with van der Waals surface area (Å²) in [5, 5.41) is 2.76. The van der Waals surface area contributed by atoms with Gasteiger partial charge in [0.1, 0.15) is 12.4 Å². The Morgan fingerprint density at radius 2 is 2.26 bits per heavy atom. The highest BCUT2D eigenvalue weighted by Gasteiger charge is 2.06. The summed E-state index contributed by atoms with van der Waals surface area (Å²) in [7, 11) is 0. The molecule has 0 bridgehead atoms. The Bertz CT molecular complexity index is 865. The molecule has 2 heterocycles. The van der Waals surface area contributed by atoms with Crippen LogP contribution in [0.15, 0.2) is 48.2 Å². The third-order valence-corrected chi connectivity index (χ3v) is 3.79. The Morgan fingerprint density at radius 1 is 1.30 bits per heavy atom. The van der Waals surface area contributed by atoms with Gasteiger partial charge in [-0.25, -0.2) is 4.98 Å². The van der Waals surface area contributed by atoms with Crippen LogP contribution in [-0.4, -0.2) is 29.0 Å². The van der Waals surface area contributed by atoms with Crippen molar-refractivity contribution in [3.63, 3.8) is 0 Å². The third kappa shape index (κ3) is 4.05. The number of ether oxygens (including phenoxy) is 1. The predicted octanol–water partition coefficient (Wildman–Crippen LogP) is 2.50. The molecule has 2 aromatic heterocycles. The van der Waals surface area contributed by atoms with Crippen LogP contribution in [0.25, 0.3) is 10.2 Å². The van der Waals surface area contributed by atoms with E-state index < -0.39 is 0 Å². The first kappa shape index (κ1) is 15.0. The van der Waals surface area contributed by atoms with E-state index in [9.17, 15) is 4.79 Å². The van der Waals surface area contributed by atoms with Crippen LogP contribution in [0.4, 0.5) is 0 Å². The summed E-state index contributed by atoms with van der Waals surface area (Å²) in [5.41, 5.74) is 3.27. The van der Waals surface area contributed by atoms with Crippen LogP contribution in [0.5, 0.6) is 5.75 Å². The van der Waals surface area contributed by atoms with Gasteiger partial charge in [-0.3, -0.25) is 9.78 Å². The maximum atomic E-state index is 12.0. The number of carbonyl (C=O) groups is 1. The van der Waals surface area contributed by atoms with Crippen LogP contribution in [-0.2, 0) is 0 Å². The highest BCUT2D eigenvalue weighted by atomic mass is 32.1. The van der Waals surface area contributed by atoms with Gasteiger partial charge in [0, 0.05) is 11.8 Å². The molecule has 0 radical (unpaired) electrons. The number of fused-ring (bicyclic) bond motifs is 1. The van der Waals surface area contributed by atoms with Crippen molar-refractivity contribution in [2.45, 2.75) is 0 Å². The van der Waals surface area contributed by atoms with Gasteiger partial charge < -0.3 is 10.1 Å². The monoisotopic (exact) mass is 323 g/mol. The van der Waals surface area contributed by atoms with Crippen LogP contribution >= 0.6 is 11.3 Å². The molecule has 5 nitrogen and oxygen atoms in total. The number of carbonyl (C=O) groups excluding carboxylic acids is 1. The molecule has 0 unspecified atom stereocenters. The van der Waals surface area contributed by atoms with E-state index in [1.165, 1.54) is 11.3 Å². The fraction of sp³-hybridized carbons (Fsp3) is 0.118. The van der Waals surface area contributed by atoms with Gasteiger partial charge in [-0.05, 0) is 30.3 Å². The number of rotatable bonds is 4. The van der Waals surface area contributed by atoms with E-state index in [0.717, 1.165) is 10.2 Å². The number of pyridine rings is 1. The number of thiazole rings is 1. The number of amides is 1. The van der Waals surface area contributed by atoms with Gasteiger partial charge in [0.15, 0.2) is 0 Å². The van der Waals surface area contributed by atoms with Crippen LogP contribution in [0.2, 0.25) is 0 Å². The zero-order valence-electron chi connectivity index (χ0n) is 12.2. The Morgan fingerprint density at radius 3 is 3.13 bits per heavy atom. The third-order valence-electron chi connectivity index (χ3n) is 3.00. The molecule has 3 rings (SSSR count). The Kier molecular flexibility index (Phi) is 4.82. The average molecular weight is 323 g/mol. The van der Waals surface area contributed by atoms with Gasteiger partial charge in [-0.15, -0.1) is 11.3 Å². The van der Waals surface area contributed by atoms with E-state index in [1.54, 1.807) is 30.0 Å². The lowest BCUT2D eigenvalue weighted by Crippen LogP contribution is -2.23. The van der Waals surface area contributed by atoms with Crippen molar-refractivity contribution >= 4 is 27.5 Å². The van der Waals surface area contributed by atoms with E-state index in [4.69, 9.17) is 4.74 Å². The van der Waals surface area contributed by atoms with E-state index in [2.05, 4.69) is 27.1 Å². The zero-order valence-corrected chi connectivity index (χ0v) is 13.0. The normalized spacial score (nSPS) is 9.91. The maximum absolute atomic E-state index is 12.0. The topological polar surface area (TPSA) is 64.1 Å². The summed E-state index contributed by atoms with van der Waals surface area (Å²) in [6.45, 7) is 0.532. The molecule has 0 atom stereocenters. The minimum Gasteiger partial charge on any atom is -0.479 e. The number of benzene rings is 1. The van der Waals surface area contributed by atoms with E-state index in [1.807, 2.05) is 18.2 Å². The SMILES string of the molecule is O=C(NCC#CCOc1cccnc1)c1ccc2ncsc2c1. The molecule has 0 saturated carbocycles. The van der Waals surface area contributed by atoms with Crippen molar-refractivity contribution < 1.29 is 9.53 Å². The summed E-state index contributed by atoms with van der Waals surface area (Å²) in [6, 6.07) is 9.04. The Labute approximate surface area is 137 Å². The van der Waals surface area contributed by atoms with Crippen LogP contribution in [0.3, 0.4) is 0 Å². The number of nitrogens with one attached hydrogen (secondary N) is 1. The fourth-order valence-corrected chi connectivity index (χ4v) is 2.60. The molecule has 0 fully saturated rings. The molecule has 3 aromatic rings. The molecule has 1 aromatic carbocycles. The molecule has 6 heteroatoms. The van der Waals surface area contributed by atoms with Gasteiger partial charge in [0.2, 0.25) is 0 Å². The van der Waals surface area contributed by atoms with Crippen molar-refractivity contribution in [2.75, 3.05) is 13.2 Å². The van der Waals surface area contributed by atoms with Crippen LogP contribution < -0.4 is 10.1 Å². The molecule has 0 saturated heterocycles. The minimum absolute atomic E-state index is 0.150. The Balaban J connectivity index is 1.47. The first-order valence-corrected chi connectivity index (χ1v) is 7.81. The second-order valence-corrected chi connectivity index (χ2v) is 5.43. The van der Waals surface area contributed by atoms with Gasteiger partial charge in [0.25, 0.3) is 5.91 Å². The van der Waals surface area contributed by atoms with E-state index in [-0.39, 0.29) is 19.1 Å². The van der Waals surface area contributed by atoms with Gasteiger partial charge in [-0.1, -0.05) is 11.8 Å². The number of nitrogens with zero attached hydrogens (tertiary/aromatic N) is 2. The molecular formula is C17H13N3O2S. The molecule has 0 aliphatic carbocycles. The van der Waals surface area contributed by atoms with E-state index in [0.29, 0.717) is 11.3 Å². The molecule has 114 valence electrons. The molecule has 23 heavy (non-hydrogen) atoms. The van der Waals surface area contributed by atoms with Crippen molar-refractivity contribution in [1.29, 1.82) is 0 Å². The van der Waals surface area contributed by atoms with Crippen molar-refractivity contribution in [1.82, 2.24) is 15.3 Å². The Hall–Kier alpha value is -2.91. The molecule has 0 aliphatic heterocycles. The standard InChI is InChI=1S/C17H13N3O2S/c21-17(13-5-6-15-16(10-13)23-12-20-15)19-8-1-2-9-22-14-4-3-7-18-11-14/h3-7,10-12H,8-9H2,(H,19,21). The average Bonchev–Trinajstić information content (AvgIpc) is 3.06. The molecule has 1 amide bonds. The van der Waals surface area contributed by atoms with Gasteiger partial charge >= 0.3 is 0 Å². The highest BCUT2D eigenvalue weighted by Crippen LogP contribution is 2.18. The summed E-state index contributed by atoms with van der Waals surface area (Å²) in [6.07, 6.45) is 3.30. The number of hydrogen-bond donors (Lipinski definition) is 1. The molecule has 0 aliphatic rings. The molecule has 1 N–H and O–H groups in total. The summed E-state index contributed by atoms with van der Waals surface area (Å²) in [5.74, 6) is 6.21. The number of hydrogen-bond acceptors (Lipinski definition) is 5. The summed E-state index contributed by atoms with van der Waals surface area (Å²) in [4.78, 5) is 20.2. The molecule has 0 spiro atoms. The largest absolute Gasteiger partial charge is 0.479 e. The lowest BCUT2D eigenvalue weighted by Gasteiger charge is -2.01. The summed E-state index contributed by atoms with van der Waals surface area (Å²) < 4.78 is 6.38. The quantitative estimate of drug-likeness (QED) is 0.749. The zero-order chi connectivity index (χ0) is 15.9. The lowest BCUT2D eigenvalue weighted by molar-refractivity contribution is 0.0959. The second-order valence-electron chi connectivity index (χ2n) is 4.55. The first-order valence-electron chi connectivity index (χ1n) is 6.93. The second kappa shape index (κ2) is 7.38. The smallest absolute Gasteiger partial charge is 0.252 e. The molecular weight excluding hydrogens is 310 g/mol. The highest BCUT2D eigenvalue weighted by molar-refractivity contribution is 7.16. The van der Waals surface area contributed by atoms with Gasteiger partial charge in [0.05, 0.1) is 28.5 Å². The van der Waals surface area contributed by atoms with Crippen LogP contribution in [0, 0.1) is 11.8 Å². The van der Waals surface area contributed by atoms with Crippen molar-refractivity contribution in [3.8, 4) is 17.6 Å².